The van der Waals surface area contributed by atoms with E-state index in [2.05, 4.69) is 10.2 Å². The Morgan fingerprint density at radius 3 is 3.00 bits per heavy atom. The summed E-state index contributed by atoms with van der Waals surface area (Å²) >= 11 is 12.0. The van der Waals surface area contributed by atoms with Crippen LogP contribution in [0, 0.1) is 0 Å². The molecule has 3 rings (SSSR count). The number of nitrogens with zero attached hydrogens (tertiary/aromatic N) is 2. The zero-order chi connectivity index (χ0) is 16.9. The van der Waals surface area contributed by atoms with Crippen LogP contribution in [-0.4, -0.2) is 40.7 Å². The SMILES string of the molecule is O=C(CCCc1cn[nH]c1)N1CCO[C@@H](c2ccc(Cl)c(Cl)c2)C1. The third-order valence-corrected chi connectivity index (χ3v) is 4.88. The van der Waals surface area contributed by atoms with Gasteiger partial charge in [-0.25, -0.2) is 0 Å². The molecule has 0 spiro atoms. The van der Waals surface area contributed by atoms with E-state index in [4.69, 9.17) is 27.9 Å². The first kappa shape index (κ1) is 17.3. The summed E-state index contributed by atoms with van der Waals surface area (Å²) in [6.45, 7) is 1.70. The maximum absolute atomic E-state index is 12.4. The molecule has 0 bridgehead atoms. The molecule has 1 saturated heterocycles. The Balaban J connectivity index is 1.54. The van der Waals surface area contributed by atoms with E-state index in [9.17, 15) is 4.79 Å². The molecular formula is C17H19Cl2N3O2. The number of halogens is 2. The number of carbonyl (C=O) groups is 1. The highest BCUT2D eigenvalue weighted by Crippen LogP contribution is 2.29. The minimum atomic E-state index is -0.161. The molecule has 2 heterocycles. The molecule has 0 radical (unpaired) electrons. The van der Waals surface area contributed by atoms with E-state index in [0.29, 0.717) is 36.2 Å². The molecule has 1 aliphatic heterocycles. The van der Waals surface area contributed by atoms with Gasteiger partial charge in [0.15, 0.2) is 0 Å². The average molecular weight is 368 g/mol. The first-order chi connectivity index (χ1) is 11.6. The Morgan fingerprint density at radius 1 is 1.38 bits per heavy atom. The third kappa shape index (κ3) is 4.29. The van der Waals surface area contributed by atoms with Crippen molar-refractivity contribution in [3.63, 3.8) is 0 Å². The first-order valence-electron chi connectivity index (χ1n) is 7.95. The number of ether oxygens (including phenoxy) is 1. The van der Waals surface area contributed by atoms with E-state index in [1.807, 2.05) is 17.2 Å². The quantitative estimate of drug-likeness (QED) is 0.877. The molecule has 7 heteroatoms. The normalized spacial score (nSPS) is 17.9. The summed E-state index contributed by atoms with van der Waals surface area (Å²) in [5.41, 5.74) is 2.07. The summed E-state index contributed by atoms with van der Waals surface area (Å²) in [5.74, 6) is 0.159. The van der Waals surface area contributed by atoms with Gasteiger partial charge in [0.05, 0.1) is 29.4 Å². The molecule has 128 valence electrons. The summed E-state index contributed by atoms with van der Waals surface area (Å²) in [6.07, 6.45) is 5.68. The van der Waals surface area contributed by atoms with Gasteiger partial charge < -0.3 is 9.64 Å². The van der Waals surface area contributed by atoms with Crippen LogP contribution >= 0.6 is 23.2 Å². The van der Waals surface area contributed by atoms with Crippen molar-refractivity contribution in [1.29, 1.82) is 0 Å². The summed E-state index contributed by atoms with van der Waals surface area (Å²) in [5, 5.41) is 7.71. The molecule has 24 heavy (non-hydrogen) atoms. The smallest absolute Gasteiger partial charge is 0.222 e. The monoisotopic (exact) mass is 367 g/mol. The highest BCUT2D eigenvalue weighted by atomic mass is 35.5. The minimum absolute atomic E-state index is 0.159. The molecule has 1 aromatic carbocycles. The molecule has 0 aliphatic carbocycles. The molecular weight excluding hydrogens is 349 g/mol. The van der Waals surface area contributed by atoms with Crippen LogP contribution < -0.4 is 0 Å². The number of aromatic nitrogens is 2. The van der Waals surface area contributed by atoms with Gasteiger partial charge in [-0.3, -0.25) is 9.89 Å². The van der Waals surface area contributed by atoms with Crippen molar-refractivity contribution in [2.24, 2.45) is 0 Å². The number of hydrogen-bond acceptors (Lipinski definition) is 3. The van der Waals surface area contributed by atoms with Crippen molar-refractivity contribution in [1.82, 2.24) is 15.1 Å². The van der Waals surface area contributed by atoms with Crippen LogP contribution in [-0.2, 0) is 16.0 Å². The lowest BCUT2D eigenvalue weighted by molar-refractivity contribution is -0.139. The number of nitrogens with one attached hydrogen (secondary N) is 1. The molecule has 1 N–H and O–H groups in total. The fourth-order valence-corrected chi connectivity index (χ4v) is 3.11. The van der Waals surface area contributed by atoms with E-state index in [-0.39, 0.29) is 12.0 Å². The molecule has 1 atom stereocenters. The van der Waals surface area contributed by atoms with Crippen LogP contribution in [0.2, 0.25) is 10.0 Å². The highest BCUT2D eigenvalue weighted by Gasteiger charge is 2.25. The number of rotatable bonds is 5. The Morgan fingerprint density at radius 2 is 2.25 bits per heavy atom. The lowest BCUT2D eigenvalue weighted by atomic mass is 10.1. The molecule has 1 aliphatic rings. The predicted octanol–water partition coefficient (Wildman–Crippen LogP) is 3.64. The van der Waals surface area contributed by atoms with Crippen LogP contribution in [0.25, 0.3) is 0 Å². The van der Waals surface area contributed by atoms with Crippen molar-refractivity contribution in [2.75, 3.05) is 19.7 Å². The Kier molecular flexibility index (Phi) is 5.76. The van der Waals surface area contributed by atoms with Crippen molar-refractivity contribution in [3.05, 3.63) is 51.8 Å². The number of aromatic amines is 1. The summed E-state index contributed by atoms with van der Waals surface area (Å²) in [7, 11) is 0. The van der Waals surface area contributed by atoms with Gasteiger partial charge in [0.25, 0.3) is 0 Å². The fraction of sp³-hybridized carbons (Fsp3) is 0.412. The van der Waals surface area contributed by atoms with Crippen molar-refractivity contribution >= 4 is 29.1 Å². The van der Waals surface area contributed by atoms with Gasteiger partial charge in [0.2, 0.25) is 5.91 Å². The first-order valence-corrected chi connectivity index (χ1v) is 8.71. The van der Waals surface area contributed by atoms with Gasteiger partial charge in [-0.05, 0) is 36.1 Å². The van der Waals surface area contributed by atoms with Crippen LogP contribution in [0.1, 0.15) is 30.1 Å². The topological polar surface area (TPSA) is 58.2 Å². The Labute approximate surface area is 150 Å². The van der Waals surface area contributed by atoms with E-state index in [1.165, 1.54) is 0 Å². The third-order valence-electron chi connectivity index (χ3n) is 4.15. The number of morpholine rings is 1. The number of H-pyrrole nitrogens is 1. The number of amides is 1. The molecule has 1 fully saturated rings. The second kappa shape index (κ2) is 8.01. The second-order valence-electron chi connectivity index (χ2n) is 5.83. The van der Waals surface area contributed by atoms with Gasteiger partial charge in [-0.1, -0.05) is 29.3 Å². The number of benzene rings is 1. The molecule has 0 saturated carbocycles. The largest absolute Gasteiger partial charge is 0.370 e. The van der Waals surface area contributed by atoms with E-state index >= 15 is 0 Å². The van der Waals surface area contributed by atoms with E-state index in [0.717, 1.165) is 24.0 Å². The van der Waals surface area contributed by atoms with Crippen LogP contribution in [0.3, 0.4) is 0 Å². The van der Waals surface area contributed by atoms with Gasteiger partial charge in [-0.2, -0.15) is 5.10 Å². The lowest BCUT2D eigenvalue weighted by Gasteiger charge is -2.33. The standard InChI is InChI=1S/C17H19Cl2N3O2/c18-14-5-4-13(8-15(14)19)16-11-22(6-7-24-16)17(23)3-1-2-12-9-20-21-10-12/h4-5,8-10,16H,1-3,6-7,11H2,(H,20,21)/t16-/m1/s1. The van der Waals surface area contributed by atoms with Gasteiger partial charge in [-0.15, -0.1) is 0 Å². The summed E-state index contributed by atoms with van der Waals surface area (Å²) in [6, 6.07) is 5.46. The van der Waals surface area contributed by atoms with Crippen LogP contribution in [0.4, 0.5) is 0 Å². The second-order valence-corrected chi connectivity index (χ2v) is 6.65. The Hall–Kier alpha value is -1.56. The van der Waals surface area contributed by atoms with Gasteiger partial charge in [0, 0.05) is 19.2 Å². The molecule has 5 nitrogen and oxygen atoms in total. The number of aryl methyl sites for hydroxylation is 1. The minimum Gasteiger partial charge on any atom is -0.370 e. The van der Waals surface area contributed by atoms with Crippen molar-refractivity contribution in [3.8, 4) is 0 Å². The highest BCUT2D eigenvalue weighted by molar-refractivity contribution is 6.42. The van der Waals surface area contributed by atoms with Gasteiger partial charge in [0.1, 0.15) is 6.10 Å². The molecule has 0 unspecified atom stereocenters. The summed E-state index contributed by atoms with van der Waals surface area (Å²) in [4.78, 5) is 14.3. The average Bonchev–Trinajstić information content (AvgIpc) is 3.11. The zero-order valence-corrected chi connectivity index (χ0v) is 14.7. The maximum atomic E-state index is 12.4. The van der Waals surface area contributed by atoms with Crippen LogP contribution in [0.5, 0.6) is 0 Å². The predicted molar refractivity (Wildman–Crippen MR) is 93.3 cm³/mol. The zero-order valence-electron chi connectivity index (χ0n) is 13.2. The summed E-state index contributed by atoms with van der Waals surface area (Å²) < 4.78 is 5.79. The molecule has 1 amide bonds. The fourth-order valence-electron chi connectivity index (χ4n) is 2.81. The maximum Gasteiger partial charge on any atom is 0.222 e. The molecule has 1 aromatic heterocycles. The van der Waals surface area contributed by atoms with Crippen LogP contribution in [0.15, 0.2) is 30.6 Å². The van der Waals surface area contributed by atoms with Crippen molar-refractivity contribution in [2.45, 2.75) is 25.4 Å². The number of carbonyl (C=O) groups excluding carboxylic acids is 1. The molecule has 2 aromatic rings. The lowest BCUT2D eigenvalue weighted by Crippen LogP contribution is -2.42. The Bertz CT molecular complexity index is 691. The van der Waals surface area contributed by atoms with Gasteiger partial charge >= 0.3 is 0 Å². The van der Waals surface area contributed by atoms with E-state index < -0.39 is 0 Å². The van der Waals surface area contributed by atoms with Crippen molar-refractivity contribution < 1.29 is 9.53 Å². The van der Waals surface area contributed by atoms with E-state index in [1.54, 1.807) is 18.3 Å². The number of hydrogen-bond donors (Lipinski definition) is 1.